The van der Waals surface area contributed by atoms with E-state index in [4.69, 9.17) is 11.6 Å². The largest absolute Gasteiger partial charge is 0.349 e. The van der Waals surface area contributed by atoms with Crippen LogP contribution in [0.15, 0.2) is 42.5 Å². The van der Waals surface area contributed by atoms with Crippen molar-refractivity contribution in [3.8, 4) is 11.4 Å². The van der Waals surface area contributed by atoms with Gasteiger partial charge in [0, 0.05) is 21.9 Å². The molecule has 0 atom stereocenters. The summed E-state index contributed by atoms with van der Waals surface area (Å²) in [5.74, 6) is 0.0571. The Morgan fingerprint density at radius 1 is 1.06 bits per heavy atom. The van der Waals surface area contributed by atoms with Crippen molar-refractivity contribution in [2.24, 2.45) is 5.92 Å². The van der Waals surface area contributed by atoms with E-state index in [1.807, 2.05) is 18.2 Å². The highest BCUT2D eigenvalue weighted by Crippen LogP contribution is 2.31. The van der Waals surface area contributed by atoms with Crippen molar-refractivity contribution in [3.05, 3.63) is 53.2 Å². The van der Waals surface area contributed by atoms with Gasteiger partial charge >= 0.3 is 0 Å². The van der Waals surface area contributed by atoms with E-state index in [-0.39, 0.29) is 17.7 Å². The van der Waals surface area contributed by atoms with Crippen LogP contribution in [0.3, 0.4) is 0 Å². The van der Waals surface area contributed by atoms with Gasteiger partial charge in [0.15, 0.2) is 0 Å². The fraction of sp³-hybridized carbons (Fsp3) is 0.190. The number of aromatic nitrogens is 5. The number of nitrogens with zero attached hydrogens (tertiary/aromatic N) is 3. The molecule has 0 bridgehead atoms. The molecule has 4 N–H and O–H groups in total. The van der Waals surface area contributed by atoms with Gasteiger partial charge in [0.05, 0.1) is 16.9 Å². The van der Waals surface area contributed by atoms with E-state index < -0.39 is 0 Å². The lowest BCUT2D eigenvalue weighted by atomic mass is 9.85. The van der Waals surface area contributed by atoms with Crippen LogP contribution in [0.2, 0.25) is 5.02 Å². The van der Waals surface area contributed by atoms with Crippen LogP contribution in [-0.2, 0) is 4.79 Å². The second-order valence-corrected chi connectivity index (χ2v) is 7.89. The van der Waals surface area contributed by atoms with Gasteiger partial charge in [-0.25, -0.2) is 0 Å². The van der Waals surface area contributed by atoms with E-state index in [9.17, 15) is 9.59 Å². The van der Waals surface area contributed by atoms with E-state index in [0.717, 1.165) is 24.6 Å². The topological polar surface area (TPSA) is 128 Å². The summed E-state index contributed by atoms with van der Waals surface area (Å²) in [5.41, 5.74) is 2.75. The lowest BCUT2D eigenvalue weighted by molar-refractivity contribution is -0.122. The van der Waals surface area contributed by atoms with Crippen LogP contribution >= 0.6 is 11.6 Å². The lowest BCUT2D eigenvalue weighted by Crippen LogP contribution is -2.28. The number of carbonyl (C=O) groups excluding carboxylic acids is 2. The number of aromatic amines is 2. The Labute approximate surface area is 181 Å². The predicted molar refractivity (Wildman–Crippen MR) is 117 cm³/mol. The van der Waals surface area contributed by atoms with Gasteiger partial charge in [-0.2, -0.15) is 5.21 Å². The molecule has 0 aliphatic heterocycles. The summed E-state index contributed by atoms with van der Waals surface area (Å²) >= 11 is 6.10. The van der Waals surface area contributed by atoms with Gasteiger partial charge in [-0.3, -0.25) is 9.59 Å². The normalized spacial score (nSPS) is 13.7. The molecular weight excluding hydrogens is 418 g/mol. The third-order valence-electron chi connectivity index (χ3n) is 5.45. The van der Waals surface area contributed by atoms with Crippen LogP contribution in [0, 0.1) is 5.92 Å². The van der Waals surface area contributed by atoms with Crippen LogP contribution in [0.5, 0.6) is 0 Å². The molecule has 10 heteroatoms. The second kappa shape index (κ2) is 7.84. The third-order valence-corrected chi connectivity index (χ3v) is 5.69. The van der Waals surface area contributed by atoms with Crippen LogP contribution in [0.25, 0.3) is 22.3 Å². The van der Waals surface area contributed by atoms with E-state index in [0.29, 0.717) is 39.0 Å². The number of tetrazole rings is 1. The molecule has 0 spiro atoms. The van der Waals surface area contributed by atoms with Crippen molar-refractivity contribution in [3.63, 3.8) is 0 Å². The van der Waals surface area contributed by atoms with E-state index in [2.05, 4.69) is 36.2 Å². The number of benzene rings is 2. The first-order valence-electron chi connectivity index (χ1n) is 9.86. The minimum atomic E-state index is -0.348. The maximum Gasteiger partial charge on any atom is 0.272 e. The van der Waals surface area contributed by atoms with Crippen molar-refractivity contribution in [1.29, 1.82) is 0 Å². The van der Waals surface area contributed by atoms with Gasteiger partial charge in [-0.1, -0.05) is 30.2 Å². The minimum absolute atomic E-state index is 0.0188. The first kappa shape index (κ1) is 19.3. The van der Waals surface area contributed by atoms with Gasteiger partial charge < -0.3 is 15.6 Å². The average molecular weight is 436 g/mol. The smallest absolute Gasteiger partial charge is 0.272 e. The van der Waals surface area contributed by atoms with Gasteiger partial charge in [0.2, 0.25) is 11.7 Å². The zero-order valence-corrected chi connectivity index (χ0v) is 17.0. The number of halogens is 1. The molecule has 5 rings (SSSR count). The van der Waals surface area contributed by atoms with E-state index in [1.165, 1.54) is 0 Å². The van der Waals surface area contributed by atoms with E-state index >= 15 is 0 Å². The summed E-state index contributed by atoms with van der Waals surface area (Å²) in [7, 11) is 0. The van der Waals surface area contributed by atoms with Crippen LogP contribution in [-0.4, -0.2) is 37.4 Å². The molecule has 0 radical (unpaired) electrons. The molecule has 0 unspecified atom stereocenters. The van der Waals surface area contributed by atoms with Gasteiger partial charge in [0.25, 0.3) is 5.91 Å². The van der Waals surface area contributed by atoms with Crippen LogP contribution in [0.4, 0.5) is 11.4 Å². The summed E-state index contributed by atoms with van der Waals surface area (Å²) in [6, 6.07) is 12.3. The van der Waals surface area contributed by atoms with Gasteiger partial charge in [0.1, 0.15) is 5.69 Å². The molecule has 1 fully saturated rings. The quantitative estimate of drug-likeness (QED) is 0.376. The Hall–Kier alpha value is -3.72. The van der Waals surface area contributed by atoms with Crippen LogP contribution < -0.4 is 10.6 Å². The molecule has 2 amide bonds. The molecular formula is C21H18ClN7O2. The Kier molecular flexibility index (Phi) is 4.87. The maximum absolute atomic E-state index is 13.0. The lowest BCUT2D eigenvalue weighted by Gasteiger charge is -2.24. The molecule has 2 aromatic carbocycles. The first-order valence-corrected chi connectivity index (χ1v) is 10.2. The number of fused-ring (bicyclic) bond motifs is 1. The van der Waals surface area contributed by atoms with Crippen molar-refractivity contribution >= 4 is 45.7 Å². The van der Waals surface area contributed by atoms with E-state index in [1.54, 1.807) is 24.3 Å². The standard InChI is InChI=1S/C21H18ClN7O2/c22-13-7-8-15(14(10-13)19-26-28-29-27-19)24-21(31)17-9-12-5-2-6-16(18(12)23-17)25-20(30)11-3-1-4-11/h2,5-11,23H,1,3-4H2,(H,24,31)(H,25,30)(H,26,27,28,29). The fourth-order valence-electron chi connectivity index (χ4n) is 3.56. The Balaban J connectivity index is 1.42. The third kappa shape index (κ3) is 3.75. The molecule has 4 aromatic rings. The Morgan fingerprint density at radius 2 is 1.94 bits per heavy atom. The number of carbonyl (C=O) groups is 2. The molecule has 2 aromatic heterocycles. The molecule has 1 aliphatic carbocycles. The molecule has 2 heterocycles. The Bertz CT molecular complexity index is 1280. The maximum atomic E-state index is 13.0. The van der Waals surface area contributed by atoms with Crippen molar-refractivity contribution < 1.29 is 9.59 Å². The number of hydrogen-bond acceptors (Lipinski definition) is 5. The highest BCUT2D eigenvalue weighted by atomic mass is 35.5. The predicted octanol–water partition coefficient (Wildman–Crippen LogP) is 3.99. The summed E-state index contributed by atoms with van der Waals surface area (Å²) in [6.07, 6.45) is 2.93. The number of anilines is 2. The van der Waals surface area contributed by atoms with Crippen molar-refractivity contribution in [1.82, 2.24) is 25.6 Å². The molecule has 31 heavy (non-hydrogen) atoms. The SMILES string of the molecule is O=C(Nc1ccc(Cl)cc1-c1nn[nH]n1)c1cc2cccc(NC(=O)C3CCC3)c2[nH]1. The highest BCUT2D eigenvalue weighted by Gasteiger charge is 2.25. The number of para-hydroxylation sites is 1. The van der Waals surface area contributed by atoms with Crippen molar-refractivity contribution in [2.75, 3.05) is 10.6 Å². The number of nitrogens with one attached hydrogen (secondary N) is 4. The molecule has 156 valence electrons. The number of rotatable bonds is 5. The summed E-state index contributed by atoms with van der Waals surface area (Å²) in [4.78, 5) is 28.5. The van der Waals surface area contributed by atoms with Gasteiger partial charge in [-0.15, -0.1) is 10.2 Å². The Morgan fingerprint density at radius 3 is 2.68 bits per heavy atom. The number of hydrogen-bond donors (Lipinski definition) is 4. The molecule has 9 nitrogen and oxygen atoms in total. The zero-order chi connectivity index (χ0) is 21.4. The monoisotopic (exact) mass is 435 g/mol. The number of H-pyrrole nitrogens is 2. The molecule has 1 saturated carbocycles. The summed E-state index contributed by atoms with van der Waals surface area (Å²) < 4.78 is 0. The molecule has 1 aliphatic rings. The summed E-state index contributed by atoms with van der Waals surface area (Å²) in [6.45, 7) is 0. The number of amides is 2. The van der Waals surface area contributed by atoms with Crippen molar-refractivity contribution in [2.45, 2.75) is 19.3 Å². The van der Waals surface area contributed by atoms with Gasteiger partial charge in [-0.05, 0) is 48.4 Å². The van der Waals surface area contributed by atoms with Crippen LogP contribution in [0.1, 0.15) is 29.8 Å². The zero-order valence-electron chi connectivity index (χ0n) is 16.3. The summed E-state index contributed by atoms with van der Waals surface area (Å²) in [5, 5.41) is 21.0. The average Bonchev–Trinajstić information content (AvgIpc) is 3.38. The second-order valence-electron chi connectivity index (χ2n) is 7.45. The molecule has 0 saturated heterocycles. The highest BCUT2D eigenvalue weighted by molar-refractivity contribution is 6.31. The minimum Gasteiger partial charge on any atom is -0.349 e. The fourth-order valence-corrected chi connectivity index (χ4v) is 3.74. The first-order chi connectivity index (χ1) is 15.1.